The summed E-state index contributed by atoms with van der Waals surface area (Å²) in [5.41, 5.74) is 0. The number of hydrogen-bond donors (Lipinski definition) is 1. The molecule has 2 bridgehead atoms. The maximum atomic E-state index is 3.30. The van der Waals surface area contributed by atoms with E-state index >= 15 is 0 Å². The molecule has 0 spiro atoms. The van der Waals surface area contributed by atoms with Crippen molar-refractivity contribution in [2.24, 2.45) is 0 Å². The summed E-state index contributed by atoms with van der Waals surface area (Å²) in [6, 6.07) is 0.667. The van der Waals surface area contributed by atoms with E-state index in [-0.39, 0.29) is 0 Å². The molecule has 2 heterocycles. The quantitative estimate of drug-likeness (QED) is 0.447. The highest BCUT2D eigenvalue weighted by Crippen LogP contribution is 2.09. The Morgan fingerprint density at radius 2 is 2.71 bits per heavy atom. The average Bonchev–Trinajstić information content (AvgIpc) is 2.22. The fourth-order valence-corrected chi connectivity index (χ4v) is 1.08. The molecule has 2 aliphatic rings. The first-order valence-corrected chi connectivity index (χ1v) is 2.61. The zero-order valence-electron chi connectivity index (χ0n) is 4.09. The zero-order chi connectivity index (χ0) is 4.69. The van der Waals surface area contributed by atoms with E-state index in [1.165, 1.54) is 6.54 Å². The summed E-state index contributed by atoms with van der Waals surface area (Å²) in [6.07, 6.45) is 4.35. The highest BCUT2D eigenvalue weighted by molar-refractivity contribution is 5.06. The molecule has 1 fully saturated rings. The second-order valence-electron chi connectivity index (χ2n) is 2.08. The van der Waals surface area contributed by atoms with Crippen molar-refractivity contribution in [1.82, 2.24) is 10.2 Å². The van der Waals surface area contributed by atoms with Crippen LogP contribution in [0.25, 0.3) is 0 Å². The third-order valence-corrected chi connectivity index (χ3v) is 1.52. The van der Waals surface area contributed by atoms with Crippen molar-refractivity contribution in [3.05, 3.63) is 12.3 Å². The van der Waals surface area contributed by atoms with Gasteiger partial charge in [-0.15, -0.1) is 0 Å². The highest BCUT2D eigenvalue weighted by atomic mass is 15.3. The lowest BCUT2D eigenvalue weighted by Crippen LogP contribution is -2.22. The van der Waals surface area contributed by atoms with E-state index in [0.29, 0.717) is 6.04 Å². The fraction of sp³-hybridized carbons (Fsp3) is 0.600. The summed E-state index contributed by atoms with van der Waals surface area (Å²) < 4.78 is 0. The molecular weight excluding hydrogens is 88.1 g/mol. The molecule has 1 atom stereocenters. The largest absolute Gasteiger partial charge is 0.363 e. The summed E-state index contributed by atoms with van der Waals surface area (Å²) in [7, 11) is 0. The van der Waals surface area contributed by atoms with Gasteiger partial charge in [-0.25, -0.2) is 0 Å². The van der Waals surface area contributed by atoms with Crippen LogP contribution in [0, 0.1) is 0 Å². The van der Waals surface area contributed by atoms with Gasteiger partial charge in [0.25, 0.3) is 0 Å². The Hall–Kier alpha value is -0.500. The van der Waals surface area contributed by atoms with Crippen molar-refractivity contribution < 1.29 is 0 Å². The highest BCUT2D eigenvalue weighted by Gasteiger charge is 2.21. The van der Waals surface area contributed by atoms with Gasteiger partial charge >= 0.3 is 0 Å². The van der Waals surface area contributed by atoms with Crippen LogP contribution >= 0.6 is 0 Å². The molecule has 0 amide bonds. The molecule has 2 heteroatoms. The molecule has 0 radical (unpaired) electrons. The lowest BCUT2D eigenvalue weighted by atomic mass is 10.3. The molecule has 0 aromatic heterocycles. The lowest BCUT2D eigenvalue weighted by Gasteiger charge is -2.06. The van der Waals surface area contributed by atoms with Crippen LogP contribution in [0.2, 0.25) is 0 Å². The Morgan fingerprint density at radius 3 is 2.86 bits per heavy atom. The number of fused-ring (bicyclic) bond motifs is 2. The van der Waals surface area contributed by atoms with Crippen molar-refractivity contribution >= 4 is 0 Å². The van der Waals surface area contributed by atoms with Crippen molar-refractivity contribution in [2.75, 3.05) is 13.2 Å². The molecule has 1 N–H and O–H groups in total. The number of rotatable bonds is 0. The van der Waals surface area contributed by atoms with Gasteiger partial charge in [-0.1, -0.05) is 0 Å². The summed E-state index contributed by atoms with van der Waals surface area (Å²) in [5.74, 6) is 0. The standard InChI is InChI=1S/C5H8N2/c1-2-7-3-5(1)6-4-7/h1-2,5-6H,3-4H2. The summed E-state index contributed by atoms with van der Waals surface area (Å²) in [6.45, 7) is 2.25. The minimum Gasteiger partial charge on any atom is -0.363 e. The van der Waals surface area contributed by atoms with E-state index in [4.69, 9.17) is 0 Å². The number of hydrogen-bond acceptors (Lipinski definition) is 2. The Bertz CT molecular complexity index is 96.6. The van der Waals surface area contributed by atoms with Crippen LogP contribution in [-0.4, -0.2) is 24.2 Å². The Balaban J connectivity index is 2.27. The van der Waals surface area contributed by atoms with E-state index in [9.17, 15) is 0 Å². The van der Waals surface area contributed by atoms with Gasteiger partial charge in [0.15, 0.2) is 0 Å². The molecule has 0 aromatic rings. The summed E-state index contributed by atoms with van der Waals surface area (Å²) in [5, 5.41) is 3.30. The molecule has 2 rings (SSSR count). The van der Waals surface area contributed by atoms with Gasteiger partial charge in [0.2, 0.25) is 0 Å². The zero-order valence-corrected chi connectivity index (χ0v) is 4.09. The van der Waals surface area contributed by atoms with E-state index in [1.54, 1.807) is 0 Å². The number of nitrogens with zero attached hydrogens (tertiary/aromatic N) is 1. The van der Waals surface area contributed by atoms with E-state index in [2.05, 4.69) is 22.5 Å². The van der Waals surface area contributed by atoms with Crippen LogP contribution in [0.3, 0.4) is 0 Å². The fourth-order valence-electron chi connectivity index (χ4n) is 1.08. The molecule has 0 saturated carbocycles. The first-order chi connectivity index (χ1) is 3.45. The predicted octanol–water partition coefficient (Wildman–Crippen LogP) is -0.255. The molecule has 0 aliphatic carbocycles. The minimum atomic E-state index is 0.667. The second kappa shape index (κ2) is 1.01. The SMILES string of the molecule is C1=CN2CNC1C2. The second-order valence-corrected chi connectivity index (χ2v) is 2.08. The maximum Gasteiger partial charge on any atom is 0.0682 e. The normalized spacial score (nSPS) is 35.4. The van der Waals surface area contributed by atoms with Gasteiger partial charge in [0.05, 0.1) is 6.67 Å². The van der Waals surface area contributed by atoms with Gasteiger partial charge < -0.3 is 4.90 Å². The summed E-state index contributed by atoms with van der Waals surface area (Å²) >= 11 is 0. The van der Waals surface area contributed by atoms with Crippen molar-refractivity contribution in [2.45, 2.75) is 6.04 Å². The topological polar surface area (TPSA) is 15.3 Å². The first-order valence-electron chi connectivity index (χ1n) is 2.61. The molecular formula is C5H8N2. The minimum absolute atomic E-state index is 0.667. The van der Waals surface area contributed by atoms with Gasteiger partial charge in [0.1, 0.15) is 0 Å². The smallest absolute Gasteiger partial charge is 0.0682 e. The van der Waals surface area contributed by atoms with Crippen LogP contribution < -0.4 is 5.32 Å². The van der Waals surface area contributed by atoms with Crippen LogP contribution in [0.5, 0.6) is 0 Å². The summed E-state index contributed by atoms with van der Waals surface area (Å²) in [4.78, 5) is 2.27. The van der Waals surface area contributed by atoms with Crippen LogP contribution in [0.4, 0.5) is 0 Å². The van der Waals surface area contributed by atoms with Gasteiger partial charge in [-0.3, -0.25) is 5.32 Å². The van der Waals surface area contributed by atoms with E-state index < -0.39 is 0 Å². The third-order valence-electron chi connectivity index (χ3n) is 1.52. The number of nitrogens with one attached hydrogen (secondary N) is 1. The van der Waals surface area contributed by atoms with Gasteiger partial charge in [-0.05, 0) is 12.3 Å². The van der Waals surface area contributed by atoms with E-state index in [1.807, 2.05) is 0 Å². The van der Waals surface area contributed by atoms with Gasteiger partial charge in [-0.2, -0.15) is 0 Å². The molecule has 2 nitrogen and oxygen atoms in total. The first kappa shape index (κ1) is 3.50. The predicted molar refractivity (Wildman–Crippen MR) is 27.6 cm³/mol. The van der Waals surface area contributed by atoms with Crippen LogP contribution in [0.1, 0.15) is 0 Å². The monoisotopic (exact) mass is 96.1 g/mol. The van der Waals surface area contributed by atoms with Crippen LogP contribution in [0.15, 0.2) is 12.3 Å². The third kappa shape index (κ3) is 0.370. The van der Waals surface area contributed by atoms with Crippen molar-refractivity contribution in [3.63, 3.8) is 0 Å². The van der Waals surface area contributed by atoms with Crippen LogP contribution in [-0.2, 0) is 0 Å². The maximum absolute atomic E-state index is 3.30. The molecule has 38 valence electrons. The Kier molecular flexibility index (Phi) is 0.504. The van der Waals surface area contributed by atoms with Crippen molar-refractivity contribution in [1.29, 1.82) is 0 Å². The van der Waals surface area contributed by atoms with E-state index in [0.717, 1.165) is 6.67 Å². The molecule has 1 unspecified atom stereocenters. The average molecular weight is 96.1 g/mol. The lowest BCUT2D eigenvalue weighted by molar-refractivity contribution is 0.467. The van der Waals surface area contributed by atoms with Crippen molar-refractivity contribution in [3.8, 4) is 0 Å². The van der Waals surface area contributed by atoms with Gasteiger partial charge in [0, 0.05) is 12.6 Å². The molecule has 7 heavy (non-hydrogen) atoms. The molecule has 0 aromatic carbocycles. The molecule has 1 saturated heterocycles. The Morgan fingerprint density at radius 1 is 1.71 bits per heavy atom. The Labute approximate surface area is 42.8 Å². The molecule has 2 aliphatic heterocycles.